The third-order valence-corrected chi connectivity index (χ3v) is 3.87. The van der Waals surface area contributed by atoms with Gasteiger partial charge < -0.3 is 14.6 Å². The fraction of sp³-hybridized carbons (Fsp3) is 0.471. The van der Waals surface area contributed by atoms with Gasteiger partial charge in [0.2, 0.25) is 0 Å². The zero-order valence-electron chi connectivity index (χ0n) is 12.8. The highest BCUT2D eigenvalue weighted by molar-refractivity contribution is 5.37. The highest BCUT2D eigenvalue weighted by Crippen LogP contribution is 2.24. The van der Waals surface area contributed by atoms with Gasteiger partial charge in [-0.3, -0.25) is 0 Å². The Morgan fingerprint density at radius 3 is 3.00 bits per heavy atom. The molecular formula is C17H23N3O. The van der Waals surface area contributed by atoms with Gasteiger partial charge in [-0.25, -0.2) is 4.98 Å². The second-order valence-electron chi connectivity index (χ2n) is 5.68. The maximum atomic E-state index is 6.01. The van der Waals surface area contributed by atoms with Crippen LogP contribution >= 0.6 is 0 Å². The number of nitrogens with one attached hydrogen (secondary N) is 1. The Balaban J connectivity index is 1.68. The summed E-state index contributed by atoms with van der Waals surface area (Å²) in [5.41, 5.74) is 2.50. The summed E-state index contributed by atoms with van der Waals surface area (Å²) in [6.45, 7) is 6.54. The molecule has 4 heteroatoms. The van der Waals surface area contributed by atoms with Crippen molar-refractivity contribution in [2.75, 3.05) is 0 Å². The molecule has 0 amide bonds. The lowest BCUT2D eigenvalue weighted by molar-refractivity contribution is 0.286. The smallest absolute Gasteiger partial charge is 0.146 e. The minimum atomic E-state index is 0.514. The first kappa shape index (κ1) is 14.1. The molecule has 1 aliphatic carbocycles. The number of nitrogens with zero attached hydrogens (tertiary/aromatic N) is 2. The molecule has 21 heavy (non-hydrogen) atoms. The molecular weight excluding hydrogens is 262 g/mol. The standard InChI is InChI=1S/C17H23N3O/c1-3-20-9-8-18-17(20)12-21-16-7-4-13(2)10-14(16)11-19-15-5-6-15/h4,7-10,15,19H,3,5-6,11-12H2,1-2H3. The summed E-state index contributed by atoms with van der Waals surface area (Å²) in [6, 6.07) is 7.08. The van der Waals surface area contributed by atoms with Crippen molar-refractivity contribution in [2.45, 2.75) is 52.4 Å². The SMILES string of the molecule is CCn1ccnc1COc1ccc(C)cc1CNC1CC1. The molecule has 0 atom stereocenters. The second-order valence-corrected chi connectivity index (χ2v) is 5.68. The second kappa shape index (κ2) is 6.31. The zero-order chi connectivity index (χ0) is 14.7. The first-order valence-electron chi connectivity index (χ1n) is 7.72. The highest BCUT2D eigenvalue weighted by atomic mass is 16.5. The third-order valence-electron chi connectivity index (χ3n) is 3.87. The number of imidazole rings is 1. The van der Waals surface area contributed by atoms with Crippen LogP contribution in [0.3, 0.4) is 0 Å². The maximum Gasteiger partial charge on any atom is 0.146 e. The van der Waals surface area contributed by atoms with Gasteiger partial charge in [-0.05, 0) is 32.8 Å². The summed E-state index contributed by atoms with van der Waals surface area (Å²) >= 11 is 0. The predicted molar refractivity (Wildman–Crippen MR) is 83.3 cm³/mol. The van der Waals surface area contributed by atoms with Crippen molar-refractivity contribution in [2.24, 2.45) is 0 Å². The molecule has 3 rings (SSSR count). The van der Waals surface area contributed by atoms with Crippen molar-refractivity contribution in [3.8, 4) is 5.75 Å². The molecule has 1 aromatic carbocycles. The minimum Gasteiger partial charge on any atom is -0.485 e. The average molecular weight is 285 g/mol. The molecule has 4 nitrogen and oxygen atoms in total. The molecule has 0 spiro atoms. The summed E-state index contributed by atoms with van der Waals surface area (Å²) in [5, 5.41) is 3.56. The van der Waals surface area contributed by atoms with Gasteiger partial charge in [0.15, 0.2) is 0 Å². The van der Waals surface area contributed by atoms with E-state index in [9.17, 15) is 0 Å². The number of ether oxygens (including phenoxy) is 1. The van der Waals surface area contributed by atoms with Crippen LogP contribution in [0.25, 0.3) is 0 Å². The normalized spacial score (nSPS) is 14.4. The van der Waals surface area contributed by atoms with Gasteiger partial charge >= 0.3 is 0 Å². The summed E-state index contributed by atoms with van der Waals surface area (Å²) in [7, 11) is 0. The topological polar surface area (TPSA) is 39.1 Å². The van der Waals surface area contributed by atoms with Crippen LogP contribution < -0.4 is 10.1 Å². The van der Waals surface area contributed by atoms with E-state index in [1.165, 1.54) is 24.0 Å². The van der Waals surface area contributed by atoms with E-state index in [1.807, 2.05) is 12.4 Å². The molecule has 1 aliphatic rings. The van der Waals surface area contributed by atoms with Gasteiger partial charge in [0.25, 0.3) is 0 Å². The van der Waals surface area contributed by atoms with Crippen molar-refractivity contribution in [3.63, 3.8) is 0 Å². The van der Waals surface area contributed by atoms with Crippen molar-refractivity contribution in [3.05, 3.63) is 47.5 Å². The summed E-state index contributed by atoms with van der Waals surface area (Å²) in [6.07, 6.45) is 6.42. The largest absolute Gasteiger partial charge is 0.485 e. The summed E-state index contributed by atoms with van der Waals surface area (Å²) < 4.78 is 8.12. The number of aryl methyl sites for hydroxylation is 2. The van der Waals surface area contributed by atoms with Gasteiger partial charge in [-0.2, -0.15) is 0 Å². The van der Waals surface area contributed by atoms with E-state index in [1.54, 1.807) is 0 Å². The number of hydrogen-bond acceptors (Lipinski definition) is 3. The van der Waals surface area contributed by atoms with E-state index < -0.39 is 0 Å². The van der Waals surface area contributed by atoms with Crippen LogP contribution in [0.4, 0.5) is 0 Å². The Kier molecular flexibility index (Phi) is 4.25. The molecule has 0 aliphatic heterocycles. The van der Waals surface area contributed by atoms with E-state index in [-0.39, 0.29) is 0 Å². The van der Waals surface area contributed by atoms with Crippen LogP contribution in [0.1, 0.15) is 36.7 Å². The molecule has 0 radical (unpaired) electrons. The predicted octanol–water partition coefficient (Wildman–Crippen LogP) is 3.04. The molecule has 1 saturated carbocycles. The molecule has 2 aromatic rings. The maximum absolute atomic E-state index is 6.01. The lowest BCUT2D eigenvalue weighted by Crippen LogP contribution is -2.16. The summed E-state index contributed by atoms with van der Waals surface area (Å²) in [4.78, 5) is 4.36. The number of benzene rings is 1. The Bertz CT molecular complexity index is 602. The van der Waals surface area contributed by atoms with E-state index in [4.69, 9.17) is 4.74 Å². The van der Waals surface area contributed by atoms with Crippen LogP contribution in [-0.2, 0) is 19.7 Å². The van der Waals surface area contributed by atoms with Gasteiger partial charge in [0, 0.05) is 37.1 Å². The van der Waals surface area contributed by atoms with Crippen molar-refractivity contribution < 1.29 is 4.74 Å². The highest BCUT2D eigenvalue weighted by Gasteiger charge is 2.20. The van der Waals surface area contributed by atoms with Crippen LogP contribution in [0, 0.1) is 6.92 Å². The van der Waals surface area contributed by atoms with E-state index in [0.29, 0.717) is 12.6 Å². The van der Waals surface area contributed by atoms with Gasteiger partial charge in [0.05, 0.1) is 0 Å². The third kappa shape index (κ3) is 3.64. The van der Waals surface area contributed by atoms with Crippen molar-refractivity contribution in [1.82, 2.24) is 14.9 Å². The van der Waals surface area contributed by atoms with Crippen LogP contribution in [0.5, 0.6) is 5.75 Å². The lowest BCUT2D eigenvalue weighted by Gasteiger charge is -2.13. The molecule has 1 aromatic heterocycles. The summed E-state index contributed by atoms with van der Waals surface area (Å²) in [5.74, 6) is 1.93. The van der Waals surface area contributed by atoms with Crippen LogP contribution in [0.15, 0.2) is 30.6 Å². The first-order valence-corrected chi connectivity index (χ1v) is 7.72. The molecule has 0 bridgehead atoms. The molecule has 1 fully saturated rings. The van der Waals surface area contributed by atoms with Crippen molar-refractivity contribution >= 4 is 0 Å². The lowest BCUT2D eigenvalue weighted by atomic mass is 10.1. The monoisotopic (exact) mass is 285 g/mol. The van der Waals surface area contributed by atoms with Crippen LogP contribution in [0.2, 0.25) is 0 Å². The molecule has 0 saturated heterocycles. The number of hydrogen-bond donors (Lipinski definition) is 1. The van der Waals surface area contributed by atoms with Gasteiger partial charge in [0.1, 0.15) is 18.2 Å². The Hall–Kier alpha value is -1.81. The van der Waals surface area contributed by atoms with E-state index in [0.717, 1.165) is 24.7 Å². The Labute approximate surface area is 126 Å². The zero-order valence-corrected chi connectivity index (χ0v) is 12.8. The fourth-order valence-corrected chi connectivity index (χ4v) is 2.44. The van der Waals surface area contributed by atoms with E-state index >= 15 is 0 Å². The van der Waals surface area contributed by atoms with Gasteiger partial charge in [-0.15, -0.1) is 0 Å². The molecule has 1 heterocycles. The fourth-order valence-electron chi connectivity index (χ4n) is 2.44. The minimum absolute atomic E-state index is 0.514. The number of aromatic nitrogens is 2. The quantitative estimate of drug-likeness (QED) is 0.850. The Morgan fingerprint density at radius 2 is 2.24 bits per heavy atom. The van der Waals surface area contributed by atoms with Crippen molar-refractivity contribution in [1.29, 1.82) is 0 Å². The molecule has 0 unspecified atom stereocenters. The Morgan fingerprint density at radius 1 is 1.38 bits per heavy atom. The van der Waals surface area contributed by atoms with Crippen LogP contribution in [-0.4, -0.2) is 15.6 Å². The van der Waals surface area contributed by atoms with Gasteiger partial charge in [-0.1, -0.05) is 17.7 Å². The average Bonchev–Trinajstić information content (AvgIpc) is 3.21. The van der Waals surface area contributed by atoms with E-state index in [2.05, 4.69) is 46.9 Å². The first-order chi connectivity index (χ1) is 10.3. The molecule has 1 N–H and O–H groups in total. The number of rotatable bonds is 7. The molecule has 112 valence electrons.